The molecule has 4 rings (SSSR count). The molecule has 0 bridgehead atoms. The molecule has 0 aliphatic rings. The van der Waals surface area contributed by atoms with Crippen molar-refractivity contribution in [2.75, 3.05) is 16.8 Å². The first-order chi connectivity index (χ1) is 14.7. The maximum Gasteiger partial charge on any atom is 0.278 e. The molecule has 0 unspecified atom stereocenters. The van der Waals surface area contributed by atoms with Gasteiger partial charge in [0.15, 0.2) is 5.82 Å². The van der Waals surface area contributed by atoms with E-state index in [1.165, 1.54) is 6.20 Å². The van der Waals surface area contributed by atoms with Crippen LogP contribution < -0.4 is 9.80 Å². The molecule has 4 aromatic rings. The SMILES string of the molecule is CN(C(=O)c1cnc(N(Cc2ccccc2)c2ccccc2)cn1)c1ccccc1. The first-order valence-electron chi connectivity index (χ1n) is 9.74. The van der Waals surface area contributed by atoms with Gasteiger partial charge in [-0.25, -0.2) is 9.97 Å². The molecule has 30 heavy (non-hydrogen) atoms. The Morgan fingerprint density at radius 2 is 1.30 bits per heavy atom. The van der Waals surface area contributed by atoms with E-state index >= 15 is 0 Å². The van der Waals surface area contributed by atoms with Crippen molar-refractivity contribution < 1.29 is 4.79 Å². The van der Waals surface area contributed by atoms with Gasteiger partial charge in [0.05, 0.1) is 12.4 Å². The molecule has 3 aromatic carbocycles. The molecular formula is C25H22N4O. The Kier molecular flexibility index (Phi) is 5.80. The second-order valence-electron chi connectivity index (χ2n) is 6.87. The number of amides is 1. The molecule has 0 saturated carbocycles. The third-order valence-electron chi connectivity index (χ3n) is 4.83. The molecule has 0 saturated heterocycles. The highest BCUT2D eigenvalue weighted by Gasteiger charge is 2.17. The van der Waals surface area contributed by atoms with Crippen LogP contribution in [0.15, 0.2) is 103 Å². The van der Waals surface area contributed by atoms with Gasteiger partial charge in [-0.15, -0.1) is 0 Å². The van der Waals surface area contributed by atoms with E-state index in [2.05, 4.69) is 27.0 Å². The molecule has 1 aromatic heterocycles. The zero-order valence-electron chi connectivity index (χ0n) is 16.7. The lowest BCUT2D eigenvalue weighted by Gasteiger charge is -2.24. The Hall–Kier alpha value is -3.99. The maximum absolute atomic E-state index is 12.8. The minimum Gasteiger partial charge on any atom is -0.321 e. The van der Waals surface area contributed by atoms with Crippen molar-refractivity contribution in [2.24, 2.45) is 0 Å². The van der Waals surface area contributed by atoms with Gasteiger partial charge in [-0.1, -0.05) is 66.7 Å². The van der Waals surface area contributed by atoms with Crippen LogP contribution in [-0.2, 0) is 6.54 Å². The van der Waals surface area contributed by atoms with Gasteiger partial charge in [0.25, 0.3) is 5.91 Å². The van der Waals surface area contributed by atoms with Crippen molar-refractivity contribution in [3.8, 4) is 0 Å². The monoisotopic (exact) mass is 394 g/mol. The van der Waals surface area contributed by atoms with E-state index in [1.54, 1.807) is 18.1 Å². The number of hydrogen-bond donors (Lipinski definition) is 0. The number of aromatic nitrogens is 2. The topological polar surface area (TPSA) is 49.3 Å². The predicted molar refractivity (Wildman–Crippen MR) is 120 cm³/mol. The summed E-state index contributed by atoms with van der Waals surface area (Å²) in [4.78, 5) is 25.4. The number of anilines is 3. The summed E-state index contributed by atoms with van der Waals surface area (Å²) in [7, 11) is 1.74. The van der Waals surface area contributed by atoms with Gasteiger partial charge in [0.2, 0.25) is 0 Å². The van der Waals surface area contributed by atoms with Crippen molar-refractivity contribution in [1.29, 1.82) is 0 Å². The lowest BCUT2D eigenvalue weighted by Crippen LogP contribution is -2.27. The number of benzene rings is 3. The highest BCUT2D eigenvalue weighted by molar-refractivity contribution is 6.04. The van der Waals surface area contributed by atoms with Crippen LogP contribution in [0.2, 0.25) is 0 Å². The molecular weight excluding hydrogens is 372 g/mol. The van der Waals surface area contributed by atoms with Crippen molar-refractivity contribution in [3.63, 3.8) is 0 Å². The average molecular weight is 394 g/mol. The van der Waals surface area contributed by atoms with E-state index in [9.17, 15) is 4.79 Å². The van der Waals surface area contributed by atoms with Gasteiger partial charge >= 0.3 is 0 Å². The lowest BCUT2D eigenvalue weighted by atomic mass is 10.2. The zero-order chi connectivity index (χ0) is 20.8. The third-order valence-corrected chi connectivity index (χ3v) is 4.83. The number of rotatable bonds is 6. The normalized spacial score (nSPS) is 10.4. The molecule has 5 heteroatoms. The Bertz CT molecular complexity index is 1080. The van der Waals surface area contributed by atoms with E-state index in [0.29, 0.717) is 18.1 Å². The van der Waals surface area contributed by atoms with Crippen molar-refractivity contribution in [1.82, 2.24) is 9.97 Å². The zero-order valence-corrected chi connectivity index (χ0v) is 16.7. The highest BCUT2D eigenvalue weighted by Crippen LogP contribution is 2.25. The number of carbonyl (C=O) groups is 1. The quantitative estimate of drug-likeness (QED) is 0.457. The minimum atomic E-state index is -0.199. The Labute approximate surface area is 176 Å². The second kappa shape index (κ2) is 9.01. The van der Waals surface area contributed by atoms with Crippen LogP contribution in [0.3, 0.4) is 0 Å². The van der Waals surface area contributed by atoms with Crippen LogP contribution in [0.25, 0.3) is 0 Å². The molecule has 0 aliphatic carbocycles. The van der Waals surface area contributed by atoms with Gasteiger partial charge < -0.3 is 9.80 Å². The van der Waals surface area contributed by atoms with Crippen LogP contribution in [-0.4, -0.2) is 22.9 Å². The number of nitrogens with zero attached hydrogens (tertiary/aromatic N) is 4. The van der Waals surface area contributed by atoms with Crippen LogP contribution in [0, 0.1) is 0 Å². The first-order valence-corrected chi connectivity index (χ1v) is 9.74. The standard InChI is InChI=1S/C25H22N4O/c1-28(21-13-7-3-8-14-21)25(30)23-17-27-24(18-26-23)29(22-15-9-4-10-16-22)19-20-11-5-2-6-12-20/h2-18H,19H2,1H3. The lowest BCUT2D eigenvalue weighted by molar-refractivity contribution is 0.0988. The molecule has 0 aliphatic heterocycles. The summed E-state index contributed by atoms with van der Waals surface area (Å²) in [6.45, 7) is 0.650. The predicted octanol–water partition coefficient (Wildman–Crippen LogP) is 5.09. The van der Waals surface area contributed by atoms with Gasteiger partial charge in [0.1, 0.15) is 5.69 Å². The van der Waals surface area contributed by atoms with Crippen LogP contribution >= 0.6 is 0 Å². The van der Waals surface area contributed by atoms with Gasteiger partial charge in [-0.3, -0.25) is 4.79 Å². The second-order valence-corrected chi connectivity index (χ2v) is 6.87. The summed E-state index contributed by atoms with van der Waals surface area (Å²) in [6.07, 6.45) is 3.19. The summed E-state index contributed by atoms with van der Waals surface area (Å²) < 4.78 is 0. The molecule has 148 valence electrons. The largest absolute Gasteiger partial charge is 0.321 e. The summed E-state index contributed by atoms with van der Waals surface area (Å²) >= 11 is 0. The van der Waals surface area contributed by atoms with Gasteiger partial charge in [-0.2, -0.15) is 0 Å². The fourth-order valence-corrected chi connectivity index (χ4v) is 3.19. The summed E-state index contributed by atoms with van der Waals surface area (Å²) in [5, 5.41) is 0. The maximum atomic E-state index is 12.8. The number of para-hydroxylation sites is 2. The number of carbonyl (C=O) groups excluding carboxylic acids is 1. The highest BCUT2D eigenvalue weighted by atomic mass is 16.2. The van der Waals surface area contributed by atoms with Crippen LogP contribution in [0.5, 0.6) is 0 Å². The summed E-state index contributed by atoms with van der Waals surface area (Å²) in [5.41, 5.74) is 3.28. The van der Waals surface area contributed by atoms with E-state index in [-0.39, 0.29) is 5.91 Å². The molecule has 1 amide bonds. The third kappa shape index (κ3) is 4.36. The number of hydrogen-bond acceptors (Lipinski definition) is 4. The smallest absolute Gasteiger partial charge is 0.278 e. The molecule has 0 radical (unpaired) electrons. The first kappa shape index (κ1) is 19.3. The average Bonchev–Trinajstić information content (AvgIpc) is 2.83. The van der Waals surface area contributed by atoms with E-state index < -0.39 is 0 Å². The fourth-order valence-electron chi connectivity index (χ4n) is 3.19. The van der Waals surface area contributed by atoms with Gasteiger partial charge in [0, 0.05) is 25.0 Å². The minimum absolute atomic E-state index is 0.199. The molecule has 0 fully saturated rings. The van der Waals surface area contributed by atoms with Gasteiger partial charge in [-0.05, 0) is 29.8 Å². The van der Waals surface area contributed by atoms with Crippen molar-refractivity contribution in [3.05, 3.63) is 115 Å². The van der Waals surface area contributed by atoms with E-state index in [0.717, 1.165) is 16.9 Å². The Balaban J connectivity index is 1.60. The molecule has 1 heterocycles. The van der Waals surface area contributed by atoms with Crippen LogP contribution in [0.1, 0.15) is 16.1 Å². The Morgan fingerprint density at radius 1 is 0.733 bits per heavy atom. The summed E-state index contributed by atoms with van der Waals surface area (Å²) in [6, 6.07) is 29.7. The van der Waals surface area contributed by atoms with E-state index in [1.807, 2.05) is 78.9 Å². The molecule has 5 nitrogen and oxygen atoms in total. The van der Waals surface area contributed by atoms with Crippen molar-refractivity contribution in [2.45, 2.75) is 6.54 Å². The Morgan fingerprint density at radius 3 is 1.87 bits per heavy atom. The molecule has 0 N–H and O–H groups in total. The van der Waals surface area contributed by atoms with Crippen LogP contribution in [0.4, 0.5) is 17.2 Å². The van der Waals surface area contributed by atoms with Crippen molar-refractivity contribution >= 4 is 23.1 Å². The summed E-state index contributed by atoms with van der Waals surface area (Å²) in [5.74, 6) is 0.485. The molecule has 0 atom stereocenters. The van der Waals surface area contributed by atoms with E-state index in [4.69, 9.17) is 0 Å². The molecule has 0 spiro atoms. The fraction of sp³-hybridized carbons (Fsp3) is 0.0800.